The minimum Gasteiger partial charge on any atom is -0.591 e. The minimum absolute atomic E-state index is 0.411. The van der Waals surface area contributed by atoms with Crippen LogP contribution in [-0.4, -0.2) is 25.7 Å². The first-order valence-corrected chi connectivity index (χ1v) is 8.33. The van der Waals surface area contributed by atoms with Crippen molar-refractivity contribution < 1.29 is 9.08 Å². The Kier molecular flexibility index (Phi) is 4.19. The van der Waals surface area contributed by atoms with Crippen molar-refractivity contribution in [3.63, 3.8) is 0 Å². The van der Waals surface area contributed by atoms with Crippen LogP contribution in [0.3, 0.4) is 0 Å². The first-order chi connectivity index (χ1) is 11.0. The minimum atomic E-state index is -1.33. The summed E-state index contributed by atoms with van der Waals surface area (Å²) in [6, 6.07) is 11.4. The SMILES string of the molecule is CC(C)(C)[S+]([O-])N=Cc1ncccc1-c1noc2ccccc12. The van der Waals surface area contributed by atoms with Crippen molar-refractivity contribution in [1.29, 1.82) is 0 Å². The highest BCUT2D eigenvalue weighted by atomic mass is 32.2. The summed E-state index contributed by atoms with van der Waals surface area (Å²) in [6.45, 7) is 5.64. The van der Waals surface area contributed by atoms with E-state index in [-0.39, 0.29) is 0 Å². The number of hydrogen-bond donors (Lipinski definition) is 0. The van der Waals surface area contributed by atoms with E-state index in [4.69, 9.17) is 4.52 Å². The average Bonchev–Trinajstić information content (AvgIpc) is 2.96. The van der Waals surface area contributed by atoms with Gasteiger partial charge in [-0.2, -0.15) is 0 Å². The van der Waals surface area contributed by atoms with Gasteiger partial charge in [-0.3, -0.25) is 4.98 Å². The molecule has 0 radical (unpaired) electrons. The van der Waals surface area contributed by atoms with E-state index in [1.54, 1.807) is 12.4 Å². The Morgan fingerprint density at radius 3 is 2.74 bits per heavy atom. The lowest BCUT2D eigenvalue weighted by Crippen LogP contribution is -2.25. The molecule has 1 atom stereocenters. The van der Waals surface area contributed by atoms with Crippen molar-refractivity contribution >= 4 is 28.5 Å². The van der Waals surface area contributed by atoms with E-state index >= 15 is 0 Å². The van der Waals surface area contributed by atoms with E-state index in [1.807, 2.05) is 57.2 Å². The summed E-state index contributed by atoms with van der Waals surface area (Å²) in [7, 11) is 0. The zero-order chi connectivity index (χ0) is 16.4. The van der Waals surface area contributed by atoms with Gasteiger partial charge < -0.3 is 9.08 Å². The van der Waals surface area contributed by atoms with Crippen LogP contribution < -0.4 is 0 Å². The third-order valence-electron chi connectivity index (χ3n) is 3.27. The summed E-state index contributed by atoms with van der Waals surface area (Å²) < 4.78 is 21.2. The van der Waals surface area contributed by atoms with Crippen LogP contribution in [0.5, 0.6) is 0 Å². The van der Waals surface area contributed by atoms with Crippen molar-refractivity contribution in [3.8, 4) is 11.3 Å². The quantitative estimate of drug-likeness (QED) is 0.542. The predicted molar refractivity (Wildman–Crippen MR) is 92.7 cm³/mol. The Labute approximate surface area is 137 Å². The van der Waals surface area contributed by atoms with E-state index in [1.165, 1.54) is 0 Å². The molecule has 2 aromatic heterocycles. The highest BCUT2D eigenvalue weighted by Crippen LogP contribution is 2.29. The van der Waals surface area contributed by atoms with Gasteiger partial charge in [0.2, 0.25) is 0 Å². The zero-order valence-electron chi connectivity index (χ0n) is 13.2. The fraction of sp³-hybridized carbons (Fsp3) is 0.235. The van der Waals surface area contributed by atoms with Crippen LogP contribution in [0.1, 0.15) is 26.5 Å². The smallest absolute Gasteiger partial charge is 0.167 e. The summed E-state index contributed by atoms with van der Waals surface area (Å²) in [5.41, 5.74) is 2.83. The zero-order valence-corrected chi connectivity index (χ0v) is 14.0. The standard InChI is InChI=1S/C17H17N3O2S/c1-17(2,3)23(21)19-11-14-12(8-6-10-18-14)16-13-7-4-5-9-15(13)22-20-16/h4-11H,1-3H3. The molecule has 0 aliphatic carbocycles. The van der Waals surface area contributed by atoms with Gasteiger partial charge in [-0.05, 0) is 45.0 Å². The first-order valence-electron chi connectivity index (χ1n) is 7.23. The predicted octanol–water partition coefficient (Wildman–Crippen LogP) is 3.77. The molecular weight excluding hydrogens is 310 g/mol. The Morgan fingerprint density at radius 1 is 1.17 bits per heavy atom. The lowest BCUT2D eigenvalue weighted by atomic mass is 10.1. The molecule has 23 heavy (non-hydrogen) atoms. The van der Waals surface area contributed by atoms with Gasteiger partial charge in [0, 0.05) is 17.1 Å². The fourth-order valence-electron chi connectivity index (χ4n) is 2.06. The maximum atomic E-state index is 12.1. The van der Waals surface area contributed by atoms with Crippen LogP contribution in [-0.2, 0) is 11.4 Å². The molecule has 2 heterocycles. The highest BCUT2D eigenvalue weighted by molar-refractivity contribution is 7.91. The number of para-hydroxylation sites is 1. The molecule has 0 amide bonds. The van der Waals surface area contributed by atoms with Crippen molar-refractivity contribution in [2.45, 2.75) is 25.5 Å². The third-order valence-corrected chi connectivity index (χ3v) is 4.61. The molecule has 6 heteroatoms. The van der Waals surface area contributed by atoms with Crippen LogP contribution in [0.15, 0.2) is 51.5 Å². The molecule has 3 rings (SSSR count). The summed E-state index contributed by atoms with van der Waals surface area (Å²) in [5.74, 6) is 0. The molecule has 0 saturated carbocycles. The number of aromatic nitrogens is 2. The number of pyridine rings is 1. The molecule has 0 spiro atoms. The maximum Gasteiger partial charge on any atom is 0.167 e. The molecule has 118 valence electrons. The van der Waals surface area contributed by atoms with Gasteiger partial charge in [0.1, 0.15) is 28.0 Å². The highest BCUT2D eigenvalue weighted by Gasteiger charge is 2.26. The second-order valence-electron chi connectivity index (χ2n) is 6.06. The second-order valence-corrected chi connectivity index (χ2v) is 7.99. The van der Waals surface area contributed by atoms with Crippen LogP contribution in [0.4, 0.5) is 0 Å². The lowest BCUT2D eigenvalue weighted by Gasteiger charge is -2.17. The molecule has 3 aromatic rings. The number of hydrogen-bond acceptors (Lipinski definition) is 5. The third kappa shape index (κ3) is 3.28. The van der Waals surface area contributed by atoms with E-state index in [0.717, 1.165) is 10.9 Å². The Bertz CT molecular complexity index is 852. The Balaban J connectivity index is 2.03. The van der Waals surface area contributed by atoms with Gasteiger partial charge in [0.25, 0.3) is 0 Å². The van der Waals surface area contributed by atoms with Gasteiger partial charge in [-0.1, -0.05) is 21.7 Å². The van der Waals surface area contributed by atoms with Crippen LogP contribution >= 0.6 is 0 Å². The number of fused-ring (bicyclic) bond motifs is 1. The number of nitrogens with zero attached hydrogens (tertiary/aromatic N) is 3. The summed E-state index contributed by atoms with van der Waals surface area (Å²) in [6.07, 6.45) is 3.22. The summed E-state index contributed by atoms with van der Waals surface area (Å²) in [4.78, 5) is 4.33. The second kappa shape index (κ2) is 6.14. The van der Waals surface area contributed by atoms with Crippen molar-refractivity contribution in [2.24, 2.45) is 4.40 Å². The molecule has 0 saturated heterocycles. The summed E-state index contributed by atoms with van der Waals surface area (Å²) in [5, 5.41) is 5.06. The lowest BCUT2D eigenvalue weighted by molar-refractivity contribution is 0.459. The monoisotopic (exact) mass is 327 g/mol. The van der Waals surface area contributed by atoms with Gasteiger partial charge in [0.05, 0.1) is 5.69 Å². The Hall–Kier alpha value is -2.18. The fourth-order valence-corrected chi connectivity index (χ4v) is 2.57. The van der Waals surface area contributed by atoms with E-state index in [2.05, 4.69) is 14.5 Å². The van der Waals surface area contributed by atoms with Crippen LogP contribution in [0.25, 0.3) is 22.2 Å². The van der Waals surface area contributed by atoms with Gasteiger partial charge in [-0.15, -0.1) is 0 Å². The molecule has 5 nitrogen and oxygen atoms in total. The van der Waals surface area contributed by atoms with E-state index in [0.29, 0.717) is 17.0 Å². The average molecular weight is 327 g/mol. The van der Waals surface area contributed by atoms with Gasteiger partial charge in [0.15, 0.2) is 5.58 Å². The molecule has 0 aliphatic rings. The molecule has 1 unspecified atom stereocenters. The number of benzene rings is 1. The maximum absolute atomic E-state index is 12.1. The van der Waals surface area contributed by atoms with Crippen molar-refractivity contribution in [1.82, 2.24) is 10.1 Å². The van der Waals surface area contributed by atoms with Crippen LogP contribution in [0, 0.1) is 0 Å². The van der Waals surface area contributed by atoms with Crippen LogP contribution in [0.2, 0.25) is 0 Å². The topological polar surface area (TPSA) is 74.3 Å². The summed E-state index contributed by atoms with van der Waals surface area (Å²) >= 11 is -1.33. The van der Waals surface area contributed by atoms with E-state index in [9.17, 15) is 4.55 Å². The normalized spacial score (nSPS) is 13.7. The molecular formula is C17H17N3O2S. The van der Waals surface area contributed by atoms with Crippen molar-refractivity contribution in [2.75, 3.05) is 0 Å². The molecule has 0 fully saturated rings. The van der Waals surface area contributed by atoms with Gasteiger partial charge >= 0.3 is 0 Å². The molecule has 0 bridgehead atoms. The molecule has 0 N–H and O–H groups in total. The first kappa shape index (κ1) is 15.7. The molecule has 1 aromatic carbocycles. The number of rotatable bonds is 3. The molecule has 0 aliphatic heterocycles. The van der Waals surface area contributed by atoms with Crippen molar-refractivity contribution in [3.05, 3.63) is 48.3 Å². The van der Waals surface area contributed by atoms with E-state index < -0.39 is 16.1 Å². The van der Waals surface area contributed by atoms with Gasteiger partial charge in [-0.25, -0.2) is 0 Å². The Morgan fingerprint density at radius 2 is 1.96 bits per heavy atom. The largest absolute Gasteiger partial charge is 0.591 e.